The Hall–Kier alpha value is -2.42. The highest BCUT2D eigenvalue weighted by molar-refractivity contribution is 7.99. The Balaban J connectivity index is 1.67. The zero-order valence-electron chi connectivity index (χ0n) is 14.3. The van der Waals surface area contributed by atoms with Crippen LogP contribution in [0.2, 0.25) is 0 Å². The molecule has 2 aliphatic heterocycles. The van der Waals surface area contributed by atoms with Gasteiger partial charge in [0.15, 0.2) is 5.16 Å². The lowest BCUT2D eigenvalue weighted by Crippen LogP contribution is -2.34. The highest BCUT2D eigenvalue weighted by Gasteiger charge is 2.40. The Morgan fingerprint density at radius 3 is 2.85 bits per heavy atom. The van der Waals surface area contributed by atoms with Gasteiger partial charge in [-0.05, 0) is 6.07 Å². The molecule has 0 aliphatic carbocycles. The smallest absolute Gasteiger partial charge is 0.278 e. The molecule has 1 saturated heterocycles. The number of thioether (sulfide) groups is 1. The normalized spacial score (nSPS) is 18.5. The molecule has 2 aromatic heterocycles. The second-order valence-electron chi connectivity index (χ2n) is 6.92. The van der Waals surface area contributed by atoms with Gasteiger partial charge < -0.3 is 9.47 Å². The first kappa shape index (κ1) is 16.7. The van der Waals surface area contributed by atoms with Gasteiger partial charge in [0.25, 0.3) is 11.5 Å². The summed E-state index contributed by atoms with van der Waals surface area (Å²) in [5, 5.41) is 1.47. The third-order valence-corrected chi connectivity index (χ3v) is 6.15. The summed E-state index contributed by atoms with van der Waals surface area (Å²) in [7, 11) is 0. The molecule has 0 radical (unpaired) electrons. The number of hydrogen-bond acceptors (Lipinski definition) is 4. The molecule has 0 unspecified atom stereocenters. The van der Waals surface area contributed by atoms with Crippen LogP contribution in [0.4, 0.5) is 8.78 Å². The summed E-state index contributed by atoms with van der Waals surface area (Å²) in [6.07, 6.45) is -0.319. The van der Waals surface area contributed by atoms with Crippen molar-refractivity contribution >= 4 is 39.6 Å². The van der Waals surface area contributed by atoms with Gasteiger partial charge in [-0.15, -0.1) is 0 Å². The molecule has 1 fully saturated rings. The standard InChI is InChI=1S/C18H16F2N4O2S/c19-18(20)5-6-22(10-18)13(25)9-24-12-4-2-1-3-11(12)14-15(24)16(26)23-7-8-27-17(23)21-14/h1-4H,5-10H2. The van der Waals surface area contributed by atoms with E-state index < -0.39 is 18.4 Å². The molecular weight excluding hydrogens is 374 g/mol. The first-order valence-corrected chi connectivity index (χ1v) is 9.73. The van der Waals surface area contributed by atoms with Crippen LogP contribution in [0.15, 0.2) is 34.2 Å². The molecule has 5 rings (SSSR count). The molecule has 0 atom stereocenters. The molecule has 0 N–H and O–H groups in total. The van der Waals surface area contributed by atoms with Crippen LogP contribution in [0.1, 0.15) is 6.42 Å². The maximum atomic E-state index is 13.5. The number of alkyl halides is 2. The number of likely N-dealkylation sites (tertiary alicyclic amines) is 1. The number of nitrogens with zero attached hydrogens (tertiary/aromatic N) is 4. The van der Waals surface area contributed by atoms with Gasteiger partial charge in [-0.25, -0.2) is 13.8 Å². The number of rotatable bonds is 2. The highest BCUT2D eigenvalue weighted by atomic mass is 32.2. The van der Waals surface area contributed by atoms with Gasteiger partial charge in [0.2, 0.25) is 5.91 Å². The second kappa shape index (κ2) is 5.79. The molecule has 9 heteroatoms. The highest BCUT2D eigenvalue weighted by Crippen LogP contribution is 2.31. The van der Waals surface area contributed by atoms with Crippen molar-refractivity contribution in [1.82, 2.24) is 19.0 Å². The van der Waals surface area contributed by atoms with E-state index in [-0.39, 0.29) is 25.1 Å². The Morgan fingerprint density at radius 2 is 2.07 bits per heavy atom. The lowest BCUT2D eigenvalue weighted by molar-refractivity contribution is -0.132. The van der Waals surface area contributed by atoms with E-state index in [1.54, 1.807) is 9.13 Å². The molecular formula is C18H16F2N4O2S. The molecule has 27 heavy (non-hydrogen) atoms. The van der Waals surface area contributed by atoms with E-state index in [1.807, 2.05) is 24.3 Å². The molecule has 6 nitrogen and oxygen atoms in total. The first-order chi connectivity index (χ1) is 12.9. The molecule has 140 valence electrons. The van der Waals surface area contributed by atoms with Crippen LogP contribution in [0.5, 0.6) is 0 Å². The van der Waals surface area contributed by atoms with Crippen LogP contribution in [0.25, 0.3) is 21.9 Å². The zero-order valence-corrected chi connectivity index (χ0v) is 15.1. The lowest BCUT2D eigenvalue weighted by Gasteiger charge is -2.17. The largest absolute Gasteiger partial charge is 0.335 e. The SMILES string of the molecule is O=C(Cn1c2ccccc2c2nc3n(c(=O)c21)CCS3)N1CCC(F)(F)C1. The van der Waals surface area contributed by atoms with E-state index in [2.05, 4.69) is 4.98 Å². The van der Waals surface area contributed by atoms with Crippen molar-refractivity contribution in [3.05, 3.63) is 34.6 Å². The van der Waals surface area contributed by atoms with Gasteiger partial charge >= 0.3 is 0 Å². The Morgan fingerprint density at radius 1 is 1.26 bits per heavy atom. The Bertz CT molecular complexity index is 1150. The second-order valence-corrected chi connectivity index (χ2v) is 7.98. The quantitative estimate of drug-likeness (QED) is 0.630. The van der Waals surface area contributed by atoms with Gasteiger partial charge in [-0.1, -0.05) is 30.0 Å². The molecule has 4 heterocycles. The van der Waals surface area contributed by atoms with Gasteiger partial charge in [0.05, 0.1) is 12.1 Å². The minimum Gasteiger partial charge on any atom is -0.335 e. The topological polar surface area (TPSA) is 60.1 Å². The molecule has 0 saturated carbocycles. The fourth-order valence-electron chi connectivity index (χ4n) is 3.87. The predicted octanol–water partition coefficient (Wildman–Crippen LogP) is 2.32. The van der Waals surface area contributed by atoms with Crippen LogP contribution in [0.3, 0.4) is 0 Å². The van der Waals surface area contributed by atoms with Crippen molar-refractivity contribution in [2.45, 2.75) is 30.6 Å². The van der Waals surface area contributed by atoms with Crippen molar-refractivity contribution in [2.75, 3.05) is 18.8 Å². The fraction of sp³-hybridized carbons (Fsp3) is 0.389. The number of benzene rings is 1. The summed E-state index contributed by atoms with van der Waals surface area (Å²) in [6, 6.07) is 7.37. The van der Waals surface area contributed by atoms with Crippen molar-refractivity contribution in [3.63, 3.8) is 0 Å². The minimum absolute atomic E-state index is 0.0340. The number of fused-ring (bicyclic) bond motifs is 4. The number of amides is 1. The Labute approximate surface area is 156 Å². The summed E-state index contributed by atoms with van der Waals surface area (Å²) in [5.41, 5.74) is 1.46. The number of hydrogen-bond donors (Lipinski definition) is 0. The molecule has 3 aromatic rings. The summed E-state index contributed by atoms with van der Waals surface area (Å²) < 4.78 is 30.2. The molecule has 1 amide bonds. The van der Waals surface area contributed by atoms with Crippen LogP contribution >= 0.6 is 11.8 Å². The minimum atomic E-state index is -2.84. The summed E-state index contributed by atoms with van der Waals surface area (Å²) in [5.74, 6) is -2.46. The fourth-order valence-corrected chi connectivity index (χ4v) is 4.81. The van der Waals surface area contributed by atoms with Crippen LogP contribution in [-0.4, -0.2) is 49.7 Å². The van der Waals surface area contributed by atoms with Crippen molar-refractivity contribution < 1.29 is 13.6 Å². The number of aromatic nitrogens is 3. The lowest BCUT2D eigenvalue weighted by atomic mass is 10.2. The molecule has 2 aliphatic rings. The van der Waals surface area contributed by atoms with Gasteiger partial charge in [-0.3, -0.25) is 14.2 Å². The van der Waals surface area contributed by atoms with E-state index in [1.165, 1.54) is 16.7 Å². The van der Waals surface area contributed by atoms with Crippen molar-refractivity contribution in [1.29, 1.82) is 0 Å². The van der Waals surface area contributed by atoms with E-state index >= 15 is 0 Å². The van der Waals surface area contributed by atoms with Gasteiger partial charge in [-0.2, -0.15) is 0 Å². The average molecular weight is 390 g/mol. The monoisotopic (exact) mass is 390 g/mol. The first-order valence-electron chi connectivity index (χ1n) is 8.75. The van der Waals surface area contributed by atoms with Crippen molar-refractivity contribution in [3.8, 4) is 0 Å². The Kier molecular flexibility index (Phi) is 3.59. The number of carbonyl (C=O) groups excluding carboxylic acids is 1. The van der Waals surface area contributed by atoms with E-state index in [4.69, 9.17) is 0 Å². The average Bonchev–Trinajstić information content (AvgIpc) is 3.33. The molecule has 0 bridgehead atoms. The third-order valence-electron chi connectivity index (χ3n) is 5.19. The van der Waals surface area contributed by atoms with Gasteiger partial charge in [0, 0.05) is 30.6 Å². The summed E-state index contributed by atoms with van der Waals surface area (Å²) in [6.45, 7) is -0.0996. The van der Waals surface area contributed by atoms with Crippen molar-refractivity contribution in [2.24, 2.45) is 0 Å². The predicted molar refractivity (Wildman–Crippen MR) is 98.4 cm³/mol. The zero-order chi connectivity index (χ0) is 18.8. The van der Waals surface area contributed by atoms with E-state index in [0.717, 1.165) is 11.1 Å². The van der Waals surface area contributed by atoms with E-state index in [0.29, 0.717) is 28.3 Å². The third kappa shape index (κ3) is 2.55. The maximum Gasteiger partial charge on any atom is 0.278 e. The number of carbonyl (C=O) groups is 1. The van der Waals surface area contributed by atoms with Crippen LogP contribution in [0, 0.1) is 0 Å². The summed E-state index contributed by atoms with van der Waals surface area (Å²) >= 11 is 1.53. The van der Waals surface area contributed by atoms with Crippen LogP contribution < -0.4 is 5.56 Å². The molecule has 1 aromatic carbocycles. The van der Waals surface area contributed by atoms with Gasteiger partial charge in [0.1, 0.15) is 17.6 Å². The number of para-hydroxylation sites is 1. The van der Waals surface area contributed by atoms with E-state index in [9.17, 15) is 18.4 Å². The maximum absolute atomic E-state index is 13.5. The van der Waals surface area contributed by atoms with Crippen LogP contribution in [-0.2, 0) is 17.9 Å². The number of halogens is 2. The molecule has 0 spiro atoms. The summed E-state index contributed by atoms with van der Waals surface area (Å²) in [4.78, 5) is 31.6.